The minimum absolute atomic E-state index is 0.0766. The van der Waals surface area contributed by atoms with Gasteiger partial charge < -0.3 is 14.2 Å². The maximum absolute atomic E-state index is 12.9. The normalized spacial score (nSPS) is 12.3. The van der Waals surface area contributed by atoms with Gasteiger partial charge in [-0.05, 0) is 70.6 Å². The first-order chi connectivity index (χ1) is 38.5. The van der Waals surface area contributed by atoms with E-state index in [0.717, 1.165) is 96.3 Å². The van der Waals surface area contributed by atoms with Gasteiger partial charge in [-0.15, -0.1) is 0 Å². The molecule has 6 heteroatoms. The summed E-state index contributed by atoms with van der Waals surface area (Å²) < 4.78 is 16.9. The van der Waals surface area contributed by atoms with Crippen LogP contribution in [0.5, 0.6) is 0 Å². The Morgan fingerprint density at radius 2 is 0.526 bits per heavy atom. The molecule has 0 heterocycles. The van der Waals surface area contributed by atoms with Gasteiger partial charge in [-0.2, -0.15) is 0 Å². The number of carbonyl (C=O) groups is 3. The standard InChI is InChI=1S/C72H132O6/c1-4-7-10-13-16-19-22-24-26-28-29-30-31-32-33-34-35-36-37-38-39-40-41-42-43-45-46-48-50-53-56-59-62-65-71(74)77-68-69(67-76-70(73)64-61-58-55-52-21-18-15-12-9-6-3)78-72(75)66-63-60-57-54-51-49-47-44-27-25-23-20-17-14-11-8-5-2/h8,11-12,15,17,20,25,27,69H,4-7,9-10,13-14,16,18-19,21-24,26,28-68H2,1-3H3/b11-8-,15-12-,20-17-,27-25-. The van der Waals surface area contributed by atoms with E-state index in [9.17, 15) is 14.4 Å². The predicted molar refractivity (Wildman–Crippen MR) is 339 cm³/mol. The third-order valence-electron chi connectivity index (χ3n) is 15.5. The maximum atomic E-state index is 12.9. The van der Waals surface area contributed by atoms with E-state index in [1.807, 2.05) is 0 Å². The second-order valence-corrected chi connectivity index (χ2v) is 23.4. The molecule has 0 fully saturated rings. The molecule has 0 radical (unpaired) electrons. The molecule has 0 rings (SSSR count). The van der Waals surface area contributed by atoms with Gasteiger partial charge in [0.05, 0.1) is 0 Å². The first-order valence-electron chi connectivity index (χ1n) is 34.6. The van der Waals surface area contributed by atoms with Crippen LogP contribution in [0.15, 0.2) is 48.6 Å². The van der Waals surface area contributed by atoms with Crippen LogP contribution in [0.3, 0.4) is 0 Å². The molecular formula is C72H132O6. The van der Waals surface area contributed by atoms with Gasteiger partial charge in [0.2, 0.25) is 0 Å². The summed E-state index contributed by atoms with van der Waals surface area (Å²) in [7, 11) is 0. The zero-order valence-corrected chi connectivity index (χ0v) is 52.5. The lowest BCUT2D eigenvalue weighted by atomic mass is 10.0. The summed E-state index contributed by atoms with van der Waals surface area (Å²) in [6.07, 6.45) is 84.6. The zero-order chi connectivity index (χ0) is 56.4. The van der Waals surface area contributed by atoms with E-state index in [4.69, 9.17) is 14.2 Å². The third kappa shape index (κ3) is 64.2. The van der Waals surface area contributed by atoms with Gasteiger partial charge in [0.25, 0.3) is 0 Å². The number of hydrogen-bond donors (Lipinski definition) is 0. The van der Waals surface area contributed by atoms with Crippen molar-refractivity contribution in [2.24, 2.45) is 0 Å². The molecule has 0 N–H and O–H groups in total. The first kappa shape index (κ1) is 75.4. The lowest BCUT2D eigenvalue weighted by Crippen LogP contribution is -2.30. The van der Waals surface area contributed by atoms with Crippen molar-refractivity contribution in [3.63, 3.8) is 0 Å². The summed E-state index contributed by atoms with van der Waals surface area (Å²) in [6.45, 7) is 6.51. The second-order valence-electron chi connectivity index (χ2n) is 23.4. The third-order valence-corrected chi connectivity index (χ3v) is 15.5. The number of rotatable bonds is 64. The Hall–Kier alpha value is -2.63. The van der Waals surface area contributed by atoms with Gasteiger partial charge in [0.1, 0.15) is 13.2 Å². The molecule has 0 aliphatic heterocycles. The van der Waals surface area contributed by atoms with E-state index < -0.39 is 6.10 Å². The summed E-state index contributed by atoms with van der Waals surface area (Å²) in [4.78, 5) is 38.2. The maximum Gasteiger partial charge on any atom is 0.306 e. The molecule has 0 aromatic carbocycles. The number of allylic oxidation sites excluding steroid dienone is 8. The van der Waals surface area contributed by atoms with Crippen LogP contribution in [0, 0.1) is 0 Å². The number of hydrogen-bond acceptors (Lipinski definition) is 6. The van der Waals surface area contributed by atoms with E-state index in [1.165, 1.54) is 238 Å². The van der Waals surface area contributed by atoms with Gasteiger partial charge in [-0.3, -0.25) is 14.4 Å². The average molecular weight is 1090 g/mol. The predicted octanol–water partition coefficient (Wildman–Crippen LogP) is 23.7. The Balaban J connectivity index is 4.04. The number of carbonyl (C=O) groups excluding carboxylic acids is 3. The summed E-state index contributed by atoms with van der Waals surface area (Å²) >= 11 is 0. The quantitative estimate of drug-likeness (QED) is 0.0261. The lowest BCUT2D eigenvalue weighted by molar-refractivity contribution is -0.167. The van der Waals surface area contributed by atoms with Crippen molar-refractivity contribution in [1.29, 1.82) is 0 Å². The van der Waals surface area contributed by atoms with Gasteiger partial charge in [0.15, 0.2) is 6.10 Å². The Morgan fingerprint density at radius 1 is 0.269 bits per heavy atom. The molecule has 0 saturated heterocycles. The minimum Gasteiger partial charge on any atom is -0.462 e. The highest BCUT2D eigenvalue weighted by Gasteiger charge is 2.19. The summed E-state index contributed by atoms with van der Waals surface area (Å²) in [5, 5.41) is 0. The summed E-state index contributed by atoms with van der Waals surface area (Å²) in [5.74, 6) is -0.879. The van der Waals surface area contributed by atoms with Crippen molar-refractivity contribution in [2.45, 2.75) is 380 Å². The van der Waals surface area contributed by atoms with E-state index in [2.05, 4.69) is 69.4 Å². The first-order valence-corrected chi connectivity index (χ1v) is 34.6. The molecular weight excluding hydrogens is 961 g/mol. The van der Waals surface area contributed by atoms with Crippen LogP contribution in [-0.4, -0.2) is 37.2 Å². The number of unbranched alkanes of at least 4 members (excludes halogenated alkanes) is 45. The van der Waals surface area contributed by atoms with Crippen LogP contribution in [0.25, 0.3) is 0 Å². The molecule has 1 atom stereocenters. The molecule has 0 saturated carbocycles. The molecule has 456 valence electrons. The summed E-state index contributed by atoms with van der Waals surface area (Å²) in [6, 6.07) is 0. The molecule has 0 aliphatic carbocycles. The van der Waals surface area contributed by atoms with Crippen molar-refractivity contribution < 1.29 is 28.6 Å². The van der Waals surface area contributed by atoms with Crippen molar-refractivity contribution in [3.8, 4) is 0 Å². The van der Waals surface area contributed by atoms with Crippen molar-refractivity contribution >= 4 is 17.9 Å². The van der Waals surface area contributed by atoms with Gasteiger partial charge >= 0.3 is 17.9 Å². The monoisotopic (exact) mass is 1090 g/mol. The zero-order valence-electron chi connectivity index (χ0n) is 52.5. The Morgan fingerprint density at radius 3 is 0.846 bits per heavy atom. The van der Waals surface area contributed by atoms with E-state index in [0.29, 0.717) is 19.3 Å². The van der Waals surface area contributed by atoms with E-state index in [1.54, 1.807) is 0 Å². The van der Waals surface area contributed by atoms with Gasteiger partial charge in [0, 0.05) is 19.3 Å². The number of esters is 3. The van der Waals surface area contributed by atoms with Crippen LogP contribution in [0.2, 0.25) is 0 Å². The molecule has 6 nitrogen and oxygen atoms in total. The van der Waals surface area contributed by atoms with Gasteiger partial charge in [-0.1, -0.05) is 333 Å². The van der Waals surface area contributed by atoms with Crippen LogP contribution in [0.1, 0.15) is 374 Å². The molecule has 0 spiro atoms. The van der Waals surface area contributed by atoms with Crippen LogP contribution in [0.4, 0.5) is 0 Å². The Bertz CT molecular complexity index is 1350. The van der Waals surface area contributed by atoms with Crippen molar-refractivity contribution in [1.82, 2.24) is 0 Å². The second kappa shape index (κ2) is 66.9. The highest BCUT2D eigenvalue weighted by atomic mass is 16.6. The fraction of sp³-hybridized carbons (Fsp3) is 0.847. The SMILES string of the molecule is CC/C=C\C/C=C\C/C=C\CCCCCCCCCC(=O)OC(COC(=O)CCCCCCC/C=C\CCC)COC(=O)CCCCCCCCCCCCCCCCCCCCCCCCCCCCCCCCCCC. The fourth-order valence-electron chi connectivity index (χ4n) is 10.4. The lowest BCUT2D eigenvalue weighted by Gasteiger charge is -2.18. The van der Waals surface area contributed by atoms with Crippen LogP contribution < -0.4 is 0 Å². The van der Waals surface area contributed by atoms with Crippen LogP contribution >= 0.6 is 0 Å². The molecule has 0 aliphatic rings. The molecule has 1 unspecified atom stereocenters. The van der Waals surface area contributed by atoms with Crippen molar-refractivity contribution in [2.75, 3.05) is 13.2 Å². The average Bonchev–Trinajstić information content (AvgIpc) is 3.44. The Kier molecular flexibility index (Phi) is 64.6. The van der Waals surface area contributed by atoms with E-state index >= 15 is 0 Å². The van der Waals surface area contributed by atoms with Crippen molar-refractivity contribution in [3.05, 3.63) is 48.6 Å². The van der Waals surface area contributed by atoms with Crippen LogP contribution in [-0.2, 0) is 28.6 Å². The molecule has 0 aromatic heterocycles. The molecule has 78 heavy (non-hydrogen) atoms. The molecule has 0 aromatic rings. The van der Waals surface area contributed by atoms with E-state index in [-0.39, 0.29) is 31.1 Å². The largest absolute Gasteiger partial charge is 0.462 e. The molecule has 0 amide bonds. The number of ether oxygens (including phenoxy) is 3. The minimum atomic E-state index is -0.780. The topological polar surface area (TPSA) is 78.9 Å². The smallest absolute Gasteiger partial charge is 0.306 e. The fourth-order valence-corrected chi connectivity index (χ4v) is 10.4. The highest BCUT2D eigenvalue weighted by Crippen LogP contribution is 2.19. The Labute approximate surface area is 486 Å². The van der Waals surface area contributed by atoms with Gasteiger partial charge in [-0.25, -0.2) is 0 Å². The highest BCUT2D eigenvalue weighted by molar-refractivity contribution is 5.71. The molecule has 0 bridgehead atoms. The summed E-state index contributed by atoms with van der Waals surface area (Å²) in [5.41, 5.74) is 0.